The first-order valence-electron chi connectivity index (χ1n) is 0. The molecule has 1 nitrogen and oxygen atoms in total. The average molecular weight is 111 g/mol. The van der Waals surface area contributed by atoms with Crippen LogP contribution in [0.2, 0.25) is 0 Å². The van der Waals surface area contributed by atoms with Crippen molar-refractivity contribution in [1.82, 2.24) is 0 Å². The van der Waals surface area contributed by atoms with E-state index in [0.29, 0.717) is 0 Å². The van der Waals surface area contributed by atoms with Crippen LogP contribution in [0.25, 0.3) is 0 Å². The molecule has 0 spiro atoms. The number of hydrogen-bond acceptors (Lipinski definition) is 0. The maximum atomic E-state index is 0. The number of rotatable bonds is 0. The predicted octanol–water partition coefficient (Wildman–Crippen LogP) is -1.74. The second kappa shape index (κ2) is 23.9. The Hall–Kier alpha value is 1.55. The van der Waals surface area contributed by atoms with Crippen molar-refractivity contribution in [2.24, 2.45) is 0 Å². The van der Waals surface area contributed by atoms with E-state index in [4.69, 9.17) is 0 Å². The van der Waals surface area contributed by atoms with E-state index in [1.54, 1.807) is 0 Å². The molecule has 0 aromatic rings. The van der Waals surface area contributed by atoms with Gasteiger partial charge in [-0.25, -0.2) is 0 Å². The molecule has 0 aliphatic carbocycles. The molecular weight excluding hydrogens is 103 g/mol. The van der Waals surface area contributed by atoms with E-state index in [9.17, 15) is 0 Å². The molecule has 0 aliphatic rings. The van der Waals surface area contributed by atoms with Crippen LogP contribution in [-0.4, -0.2) is 45.9 Å². The molecule has 0 saturated carbocycles. The fourth-order valence-electron chi connectivity index (χ4n) is 0. The van der Waals surface area contributed by atoms with E-state index in [-0.39, 0.29) is 61.2 Å². The SMILES string of the molecule is Cl.O.[AlH3].[H-].[H-].[Mg+2]. The van der Waals surface area contributed by atoms with E-state index in [1.165, 1.54) is 0 Å². The van der Waals surface area contributed by atoms with Gasteiger partial charge in [0.1, 0.15) is 0 Å². The molecule has 4 heteroatoms. The van der Waals surface area contributed by atoms with E-state index in [1.807, 2.05) is 0 Å². The summed E-state index contributed by atoms with van der Waals surface area (Å²) in [4.78, 5) is 0. The first-order valence-corrected chi connectivity index (χ1v) is 0. The van der Waals surface area contributed by atoms with Gasteiger partial charge in [-0.3, -0.25) is 0 Å². The molecule has 0 amide bonds. The van der Waals surface area contributed by atoms with Gasteiger partial charge in [-0.1, -0.05) is 0 Å². The minimum absolute atomic E-state index is 0. The summed E-state index contributed by atoms with van der Waals surface area (Å²) in [6.07, 6.45) is 0. The van der Waals surface area contributed by atoms with Gasteiger partial charge < -0.3 is 8.33 Å². The monoisotopic (exact) mass is 110 g/mol. The summed E-state index contributed by atoms with van der Waals surface area (Å²) < 4.78 is 0. The molecule has 0 aliphatic heterocycles. The zero-order valence-electron chi connectivity index (χ0n) is 3.62. The van der Waals surface area contributed by atoms with E-state index >= 15 is 0 Å². The molecular formula is H8AlClMgO. The largest absolute Gasteiger partial charge is 2.00 e. The number of halogens is 1. The van der Waals surface area contributed by atoms with Crippen LogP contribution in [0, 0.1) is 0 Å². The second-order valence-corrected chi connectivity index (χ2v) is 0. The Morgan fingerprint density at radius 1 is 1.25 bits per heavy atom. The van der Waals surface area contributed by atoms with Crippen LogP contribution in [0.1, 0.15) is 2.85 Å². The second-order valence-electron chi connectivity index (χ2n) is 0. The molecule has 2 N–H and O–H groups in total. The van der Waals surface area contributed by atoms with Crippen molar-refractivity contribution in [3.8, 4) is 0 Å². The van der Waals surface area contributed by atoms with Gasteiger partial charge in [-0.2, -0.15) is 0 Å². The quantitative estimate of drug-likeness (QED) is 0.332. The molecule has 0 saturated heterocycles. The summed E-state index contributed by atoms with van der Waals surface area (Å²) in [7, 11) is 0. The van der Waals surface area contributed by atoms with Gasteiger partial charge in [0.25, 0.3) is 0 Å². The molecule has 0 fully saturated rings. The molecule has 0 rings (SSSR count). The minimum atomic E-state index is 0. The fraction of sp³-hybridized carbons (Fsp3) is 0. The Morgan fingerprint density at radius 2 is 1.25 bits per heavy atom. The van der Waals surface area contributed by atoms with Gasteiger partial charge in [0.05, 0.1) is 0 Å². The predicted molar refractivity (Wildman–Crippen MR) is 28.8 cm³/mol. The maximum Gasteiger partial charge on any atom is 2.00 e. The van der Waals surface area contributed by atoms with Gasteiger partial charge in [-0.05, 0) is 0 Å². The Labute approximate surface area is 61.1 Å². The van der Waals surface area contributed by atoms with E-state index in [2.05, 4.69) is 0 Å². The number of hydrogen-bond donors (Lipinski definition) is 0. The molecule has 0 aromatic carbocycles. The molecule has 0 atom stereocenters. The van der Waals surface area contributed by atoms with Crippen molar-refractivity contribution in [2.45, 2.75) is 0 Å². The third kappa shape index (κ3) is 9.61. The van der Waals surface area contributed by atoms with Crippen molar-refractivity contribution >= 4 is 52.8 Å². The van der Waals surface area contributed by atoms with Crippen LogP contribution in [0.5, 0.6) is 0 Å². The maximum absolute atomic E-state index is 0. The zero-order chi connectivity index (χ0) is 0. The van der Waals surface area contributed by atoms with E-state index in [0.717, 1.165) is 0 Å². The first kappa shape index (κ1) is 47.9. The Balaban J connectivity index is 0. The van der Waals surface area contributed by atoms with Crippen LogP contribution < -0.4 is 0 Å². The van der Waals surface area contributed by atoms with Crippen molar-refractivity contribution in [3.63, 3.8) is 0 Å². The summed E-state index contributed by atoms with van der Waals surface area (Å²) in [5, 5.41) is 0. The molecule has 0 unspecified atom stereocenters. The molecule has 4 heavy (non-hydrogen) atoms. The third-order valence-electron chi connectivity index (χ3n) is 0. The molecule has 26 valence electrons. The van der Waals surface area contributed by atoms with Crippen LogP contribution in [-0.2, 0) is 0 Å². The average Bonchev–Trinajstić information content (AvgIpc) is 0. The molecule has 0 aromatic heterocycles. The molecule has 0 bridgehead atoms. The zero-order valence-corrected chi connectivity index (χ0v) is 3.85. The summed E-state index contributed by atoms with van der Waals surface area (Å²) in [6.45, 7) is 0. The van der Waals surface area contributed by atoms with Crippen LogP contribution >= 0.6 is 12.4 Å². The van der Waals surface area contributed by atoms with Gasteiger partial charge in [0.2, 0.25) is 0 Å². The summed E-state index contributed by atoms with van der Waals surface area (Å²) >= 11 is 0. The van der Waals surface area contributed by atoms with Crippen molar-refractivity contribution in [2.75, 3.05) is 0 Å². The summed E-state index contributed by atoms with van der Waals surface area (Å²) in [5.41, 5.74) is 0. The van der Waals surface area contributed by atoms with Crippen molar-refractivity contribution in [3.05, 3.63) is 0 Å². The Bertz CT molecular complexity index is 13.5. The van der Waals surface area contributed by atoms with E-state index < -0.39 is 0 Å². The first-order chi connectivity index (χ1) is 0. The fourth-order valence-corrected chi connectivity index (χ4v) is 0. The molecule has 0 heterocycles. The van der Waals surface area contributed by atoms with Crippen LogP contribution in [0.4, 0.5) is 0 Å². The standard InChI is InChI=1S/Al.ClH.Mg.H2O.5H/h;1H;;1H2;;;;;/q;;+2;;;;;2*-1. The van der Waals surface area contributed by atoms with Crippen LogP contribution in [0.3, 0.4) is 0 Å². The van der Waals surface area contributed by atoms with Crippen molar-refractivity contribution < 1.29 is 8.33 Å². The minimum Gasteiger partial charge on any atom is -1.00 e. The topological polar surface area (TPSA) is 31.5 Å². The van der Waals surface area contributed by atoms with Crippen LogP contribution in [0.15, 0.2) is 0 Å². The van der Waals surface area contributed by atoms with Gasteiger partial charge >= 0.3 is 23.1 Å². The van der Waals surface area contributed by atoms with Gasteiger partial charge in [0, 0.05) is 0 Å². The smallest absolute Gasteiger partial charge is 1.00 e. The Kier molecular flexibility index (Phi) is 286. The van der Waals surface area contributed by atoms with Gasteiger partial charge in [-0.15, -0.1) is 12.4 Å². The van der Waals surface area contributed by atoms with Crippen molar-refractivity contribution in [1.29, 1.82) is 0 Å². The summed E-state index contributed by atoms with van der Waals surface area (Å²) in [6, 6.07) is 0. The normalized spacial score (nSPS) is 0. The molecule has 0 radical (unpaired) electrons. The Morgan fingerprint density at radius 3 is 1.25 bits per heavy atom. The van der Waals surface area contributed by atoms with Gasteiger partial charge in [0.15, 0.2) is 17.4 Å². The summed E-state index contributed by atoms with van der Waals surface area (Å²) in [5.74, 6) is 0. The third-order valence-corrected chi connectivity index (χ3v) is 0.